The summed E-state index contributed by atoms with van der Waals surface area (Å²) in [5, 5.41) is 3.81. The lowest BCUT2D eigenvalue weighted by molar-refractivity contribution is 0.317. The van der Waals surface area contributed by atoms with E-state index in [-0.39, 0.29) is 0 Å². The number of nitrogens with one attached hydrogen (secondary N) is 1. The van der Waals surface area contributed by atoms with Crippen molar-refractivity contribution < 1.29 is 0 Å². The van der Waals surface area contributed by atoms with E-state index in [1.807, 2.05) is 0 Å². The molecule has 1 aromatic carbocycles. The molecule has 0 aromatic heterocycles. The van der Waals surface area contributed by atoms with Crippen molar-refractivity contribution in [2.75, 3.05) is 5.32 Å². The number of hydrogen-bond donors (Lipinski definition) is 1. The third-order valence-corrected chi connectivity index (χ3v) is 4.88. The third kappa shape index (κ3) is 2.41. The molecule has 0 bridgehead atoms. The fourth-order valence-electron chi connectivity index (χ4n) is 3.76. The van der Waals surface area contributed by atoms with Crippen molar-refractivity contribution in [1.82, 2.24) is 0 Å². The predicted octanol–water partition coefficient (Wildman–Crippen LogP) is 4.56. The van der Waals surface area contributed by atoms with Crippen LogP contribution in [0.3, 0.4) is 0 Å². The maximum Gasteiger partial charge on any atom is 0.0345 e. The minimum Gasteiger partial charge on any atom is -0.382 e. The van der Waals surface area contributed by atoms with Crippen LogP contribution in [0.1, 0.15) is 56.6 Å². The smallest absolute Gasteiger partial charge is 0.0345 e. The van der Waals surface area contributed by atoms with Crippen molar-refractivity contribution in [3.8, 4) is 0 Å². The SMILES string of the molecule is CCC1CCCCC1Nc1ccc2c(c1)CCC2. The highest BCUT2D eigenvalue weighted by molar-refractivity contribution is 5.50. The highest BCUT2D eigenvalue weighted by atomic mass is 14.9. The Bertz CT molecular complexity index is 410. The van der Waals surface area contributed by atoms with Gasteiger partial charge in [0.05, 0.1) is 0 Å². The van der Waals surface area contributed by atoms with Gasteiger partial charge >= 0.3 is 0 Å². The van der Waals surface area contributed by atoms with E-state index in [1.54, 1.807) is 11.1 Å². The summed E-state index contributed by atoms with van der Waals surface area (Å²) in [7, 11) is 0. The maximum atomic E-state index is 3.81. The molecule has 1 saturated carbocycles. The molecule has 3 rings (SSSR count). The minimum atomic E-state index is 0.711. The monoisotopic (exact) mass is 243 g/mol. The third-order valence-electron chi connectivity index (χ3n) is 4.88. The van der Waals surface area contributed by atoms with Gasteiger partial charge < -0.3 is 5.32 Å². The summed E-state index contributed by atoms with van der Waals surface area (Å²) in [6, 6.07) is 7.76. The first kappa shape index (κ1) is 12.1. The van der Waals surface area contributed by atoms with Gasteiger partial charge in [0.15, 0.2) is 0 Å². The number of aryl methyl sites for hydroxylation is 2. The second-order valence-corrected chi connectivity index (χ2v) is 6.04. The van der Waals surface area contributed by atoms with Crippen LogP contribution in [-0.4, -0.2) is 6.04 Å². The predicted molar refractivity (Wildman–Crippen MR) is 78.1 cm³/mol. The molecule has 2 aliphatic rings. The molecule has 2 atom stereocenters. The Hall–Kier alpha value is -0.980. The molecule has 0 amide bonds. The molecular formula is C17H25N. The van der Waals surface area contributed by atoms with E-state index in [0.29, 0.717) is 6.04 Å². The molecular weight excluding hydrogens is 218 g/mol. The van der Waals surface area contributed by atoms with Gasteiger partial charge in [-0.15, -0.1) is 0 Å². The van der Waals surface area contributed by atoms with Crippen LogP contribution in [0.25, 0.3) is 0 Å². The Morgan fingerprint density at radius 2 is 1.89 bits per heavy atom. The maximum absolute atomic E-state index is 3.81. The van der Waals surface area contributed by atoms with E-state index in [4.69, 9.17) is 0 Å². The van der Waals surface area contributed by atoms with Crippen molar-refractivity contribution in [3.63, 3.8) is 0 Å². The number of fused-ring (bicyclic) bond motifs is 1. The van der Waals surface area contributed by atoms with Crippen molar-refractivity contribution >= 4 is 5.69 Å². The summed E-state index contributed by atoms with van der Waals surface area (Å²) in [5.41, 5.74) is 4.53. The first-order valence-electron chi connectivity index (χ1n) is 7.75. The lowest BCUT2D eigenvalue weighted by Gasteiger charge is -2.32. The van der Waals surface area contributed by atoms with Gasteiger partial charge in [0, 0.05) is 11.7 Å². The highest BCUT2D eigenvalue weighted by Gasteiger charge is 2.23. The summed E-state index contributed by atoms with van der Waals surface area (Å²) in [4.78, 5) is 0. The summed E-state index contributed by atoms with van der Waals surface area (Å²) in [6.07, 6.45) is 10.8. The summed E-state index contributed by atoms with van der Waals surface area (Å²) in [6.45, 7) is 2.34. The van der Waals surface area contributed by atoms with E-state index in [0.717, 1.165) is 5.92 Å². The zero-order chi connectivity index (χ0) is 12.4. The Balaban J connectivity index is 1.71. The molecule has 1 nitrogen and oxygen atoms in total. The van der Waals surface area contributed by atoms with Gasteiger partial charge in [-0.3, -0.25) is 0 Å². The van der Waals surface area contributed by atoms with Crippen LogP contribution in [0.5, 0.6) is 0 Å². The number of hydrogen-bond acceptors (Lipinski definition) is 1. The zero-order valence-corrected chi connectivity index (χ0v) is 11.5. The topological polar surface area (TPSA) is 12.0 Å². The molecule has 2 unspecified atom stereocenters. The van der Waals surface area contributed by atoms with Gasteiger partial charge in [0.25, 0.3) is 0 Å². The minimum absolute atomic E-state index is 0.711. The average molecular weight is 243 g/mol. The fraction of sp³-hybridized carbons (Fsp3) is 0.647. The van der Waals surface area contributed by atoms with Gasteiger partial charge in [-0.2, -0.15) is 0 Å². The number of benzene rings is 1. The summed E-state index contributed by atoms with van der Waals surface area (Å²) < 4.78 is 0. The first-order chi connectivity index (χ1) is 8.86. The molecule has 2 aliphatic carbocycles. The van der Waals surface area contributed by atoms with Crippen molar-refractivity contribution in [1.29, 1.82) is 0 Å². The van der Waals surface area contributed by atoms with Gasteiger partial charge in [0.1, 0.15) is 0 Å². The molecule has 0 radical (unpaired) electrons. The molecule has 0 heterocycles. The van der Waals surface area contributed by atoms with Crippen LogP contribution in [0.2, 0.25) is 0 Å². The van der Waals surface area contributed by atoms with E-state index in [2.05, 4.69) is 30.4 Å². The lowest BCUT2D eigenvalue weighted by Crippen LogP contribution is -2.31. The molecule has 1 heteroatoms. The van der Waals surface area contributed by atoms with Crippen LogP contribution >= 0.6 is 0 Å². The molecule has 1 aromatic rings. The van der Waals surface area contributed by atoms with Crippen LogP contribution in [0.15, 0.2) is 18.2 Å². The van der Waals surface area contributed by atoms with E-state index in [1.165, 1.54) is 57.1 Å². The van der Waals surface area contributed by atoms with E-state index in [9.17, 15) is 0 Å². The Kier molecular flexibility index (Phi) is 3.58. The molecule has 1 N–H and O–H groups in total. The molecule has 18 heavy (non-hydrogen) atoms. The largest absolute Gasteiger partial charge is 0.382 e. The highest BCUT2D eigenvalue weighted by Crippen LogP contribution is 2.31. The van der Waals surface area contributed by atoms with Crippen LogP contribution in [-0.2, 0) is 12.8 Å². The average Bonchev–Trinajstić information content (AvgIpc) is 2.87. The van der Waals surface area contributed by atoms with Gasteiger partial charge in [0.2, 0.25) is 0 Å². The van der Waals surface area contributed by atoms with Gasteiger partial charge in [-0.25, -0.2) is 0 Å². The van der Waals surface area contributed by atoms with Gasteiger partial charge in [-0.05, 0) is 61.3 Å². The molecule has 0 saturated heterocycles. The number of rotatable bonds is 3. The van der Waals surface area contributed by atoms with Crippen LogP contribution in [0, 0.1) is 5.92 Å². The molecule has 0 aliphatic heterocycles. The number of anilines is 1. The molecule has 1 fully saturated rings. The van der Waals surface area contributed by atoms with Crippen LogP contribution in [0.4, 0.5) is 5.69 Å². The molecule has 98 valence electrons. The lowest BCUT2D eigenvalue weighted by atomic mass is 9.83. The first-order valence-corrected chi connectivity index (χ1v) is 7.75. The van der Waals surface area contributed by atoms with Crippen molar-refractivity contribution in [2.24, 2.45) is 5.92 Å². The fourth-order valence-corrected chi connectivity index (χ4v) is 3.76. The van der Waals surface area contributed by atoms with E-state index < -0.39 is 0 Å². The Morgan fingerprint density at radius 1 is 1.06 bits per heavy atom. The summed E-state index contributed by atoms with van der Waals surface area (Å²) >= 11 is 0. The van der Waals surface area contributed by atoms with Gasteiger partial charge in [-0.1, -0.05) is 32.3 Å². The zero-order valence-electron chi connectivity index (χ0n) is 11.5. The summed E-state index contributed by atoms with van der Waals surface area (Å²) in [5.74, 6) is 0.881. The molecule has 0 spiro atoms. The quantitative estimate of drug-likeness (QED) is 0.821. The Labute approximate surface area is 111 Å². The van der Waals surface area contributed by atoms with Crippen molar-refractivity contribution in [2.45, 2.75) is 64.3 Å². The second-order valence-electron chi connectivity index (χ2n) is 6.04. The van der Waals surface area contributed by atoms with Crippen molar-refractivity contribution in [3.05, 3.63) is 29.3 Å². The Morgan fingerprint density at radius 3 is 2.78 bits per heavy atom. The normalized spacial score (nSPS) is 26.9. The standard InChI is InChI=1S/C17H25N/c1-2-13-6-3-4-9-17(13)18-16-11-10-14-7-5-8-15(14)12-16/h10-13,17-18H,2-9H2,1H3. The second kappa shape index (κ2) is 5.34. The van der Waals surface area contributed by atoms with Crippen LogP contribution < -0.4 is 5.32 Å². The van der Waals surface area contributed by atoms with E-state index >= 15 is 0 Å².